The summed E-state index contributed by atoms with van der Waals surface area (Å²) in [5, 5.41) is 24.1. The summed E-state index contributed by atoms with van der Waals surface area (Å²) in [6.45, 7) is 18.9. The van der Waals surface area contributed by atoms with Crippen LogP contribution >= 0.6 is 10.7 Å². The first kappa shape index (κ1) is 75.4. The number of para-hydroxylation sites is 3. The molecular weight excluding hydrogens is 1280 g/mol. The average molecular weight is 1360 g/mol. The van der Waals surface area contributed by atoms with E-state index in [9.17, 15) is 45.9 Å². The normalized spacial score (nSPS) is 11.7. The van der Waals surface area contributed by atoms with E-state index in [-0.39, 0.29) is 75.5 Å². The summed E-state index contributed by atoms with van der Waals surface area (Å²) in [4.78, 5) is 72.2. The fourth-order valence-corrected chi connectivity index (χ4v) is 13.4. The van der Waals surface area contributed by atoms with E-state index in [1.807, 2.05) is 108 Å². The number of ether oxygens (including phenoxy) is 1. The molecule has 12 rings (SSSR count). The molecule has 19 nitrogen and oxygen atoms in total. The predicted molar refractivity (Wildman–Crippen MR) is 372 cm³/mol. The van der Waals surface area contributed by atoms with Gasteiger partial charge in [0, 0.05) is 116 Å². The van der Waals surface area contributed by atoms with Crippen molar-refractivity contribution in [1.29, 1.82) is 0 Å². The number of aromatic carboxylic acids is 1. The summed E-state index contributed by atoms with van der Waals surface area (Å²) in [5.74, 6) is -0.930. The number of hydrogen-bond acceptors (Lipinski definition) is 12. The van der Waals surface area contributed by atoms with E-state index in [4.69, 9.17) is 26.3 Å². The summed E-state index contributed by atoms with van der Waals surface area (Å²) < 4.78 is 54.1. The number of benzene rings is 6. The van der Waals surface area contributed by atoms with Crippen LogP contribution < -0.4 is 51.7 Å². The third-order valence-electron chi connectivity index (χ3n) is 15.5. The first-order valence-electron chi connectivity index (χ1n) is 30.2. The molecule has 1 aliphatic rings. The van der Waals surface area contributed by atoms with Gasteiger partial charge in [0.1, 0.15) is 5.75 Å². The third kappa shape index (κ3) is 19.3. The van der Waals surface area contributed by atoms with Crippen molar-refractivity contribution in [2.75, 3.05) is 13.2 Å². The van der Waals surface area contributed by atoms with Gasteiger partial charge in [0.25, 0.3) is 36.1 Å². The molecule has 1 aliphatic heterocycles. The number of carbonyl (C=O) groups is 3. The van der Waals surface area contributed by atoms with Crippen molar-refractivity contribution in [3.05, 3.63) is 263 Å². The van der Waals surface area contributed by atoms with E-state index in [1.54, 1.807) is 87.5 Å². The second-order valence-corrected chi connectivity index (χ2v) is 26.9. The van der Waals surface area contributed by atoms with Crippen LogP contribution in [0.15, 0.2) is 177 Å². The second-order valence-electron chi connectivity index (χ2n) is 22.6. The van der Waals surface area contributed by atoms with Crippen LogP contribution in [0.2, 0.25) is 0 Å². The number of aromatic amines is 4. The van der Waals surface area contributed by atoms with Crippen LogP contribution in [0.3, 0.4) is 0 Å². The van der Waals surface area contributed by atoms with Gasteiger partial charge in [0.15, 0.2) is 5.78 Å². The molecule has 494 valence electrons. The van der Waals surface area contributed by atoms with Gasteiger partial charge in [0.05, 0.1) is 26.4 Å². The number of pyridine rings is 2. The predicted octanol–water partition coefficient (Wildman–Crippen LogP) is 10.2. The zero-order valence-corrected chi connectivity index (χ0v) is 59.3. The first-order chi connectivity index (χ1) is 44.6. The molecule has 23 heteroatoms. The number of aromatic hydroxyl groups is 1. The number of nitrogens with zero attached hydrogens (tertiary/aromatic N) is 1. The number of halogens is 1. The number of carboxylic acid groups (broad SMARTS) is 1. The maximum atomic E-state index is 13.4. The minimum Gasteiger partial charge on any atom is -1.00 e. The standard InChI is InChI=1S/C24H23N3O4S.C20H21NO2.C10H9NO2.C8H12N2O.C6H5ClO2S.C4H8O.Na.H/c1-15-13-16(2)26-23(28)20(15)14-25-24(29)22-17(3)27(21-12-8-7-11-19(21)22)32(30,31)18-9-5-4-6-10-18;1-12-10-13(2)15(19(23)11-12)8-9-18(22)20-14(3)21-17-7-5-4-6-16(17)20;1-6-9(10(12)13)7-4-2-3-5-8(7)11-6;1-5-3-6(2)10-8(11)7(5)4-9;7-10(8,9)6-4-2-1-3-5-6;1-2-4-5-3-1;;/h4-13H,14H2,1-3H3,(H,25,29)(H,26,28);4-7,10-11,21,23H,8-9H2,1-3H3;2-5,11H,1H3,(H,12,13);3H,4,9H2,1-2H3,(H,10,11);1-5H;1-4H2;;/q;;;;;;+1;-1. The zero-order valence-electron chi connectivity index (χ0n) is 55.9. The molecule has 9 N–H and O–H groups in total. The maximum Gasteiger partial charge on any atom is 1.00 e. The number of amides is 1. The Kier molecular flexibility index (Phi) is 27.1. The molecule has 11 aromatic rings. The number of carbonyl (C=O) groups excluding carboxylic acids is 2. The van der Waals surface area contributed by atoms with Crippen molar-refractivity contribution in [2.45, 2.75) is 111 Å². The maximum absolute atomic E-state index is 13.4. The van der Waals surface area contributed by atoms with Crippen molar-refractivity contribution in [1.82, 2.24) is 29.2 Å². The number of aryl methyl sites for hydroxylation is 8. The van der Waals surface area contributed by atoms with Crippen molar-refractivity contribution in [3.8, 4) is 5.75 Å². The van der Waals surface area contributed by atoms with Crippen molar-refractivity contribution < 1.29 is 77.2 Å². The molecule has 5 aromatic heterocycles. The number of phenols is 1. The minimum atomic E-state index is -3.91. The molecule has 95 heavy (non-hydrogen) atoms. The van der Waals surface area contributed by atoms with Gasteiger partial charge in [-0.1, -0.05) is 97.1 Å². The molecule has 0 aliphatic carbocycles. The number of nitrogens with two attached hydrogens (primary N) is 1. The van der Waals surface area contributed by atoms with Gasteiger partial charge in [0.2, 0.25) is 0 Å². The van der Waals surface area contributed by atoms with Gasteiger partial charge in [-0.3, -0.25) is 19.2 Å². The smallest absolute Gasteiger partial charge is 1.00 e. The van der Waals surface area contributed by atoms with Crippen molar-refractivity contribution in [3.63, 3.8) is 0 Å². The Bertz CT molecular complexity index is 4860. The summed E-state index contributed by atoms with van der Waals surface area (Å²) in [6.07, 6.45) is 3.50. The second kappa shape index (κ2) is 34.2. The molecule has 1 fully saturated rings. The van der Waals surface area contributed by atoms with Gasteiger partial charge in [-0.05, 0) is 170 Å². The number of ketones is 1. The molecule has 0 saturated carbocycles. The number of nitrogens with one attached hydrogen (secondary N) is 5. The summed E-state index contributed by atoms with van der Waals surface area (Å²) >= 11 is 0. The molecule has 0 unspecified atom stereocenters. The largest absolute Gasteiger partial charge is 1.00 e. The molecule has 0 spiro atoms. The van der Waals surface area contributed by atoms with Crippen LogP contribution in [0.1, 0.15) is 119 Å². The van der Waals surface area contributed by atoms with Gasteiger partial charge in [-0.25, -0.2) is 25.6 Å². The van der Waals surface area contributed by atoms with Crippen molar-refractivity contribution in [2.24, 2.45) is 5.73 Å². The van der Waals surface area contributed by atoms with Gasteiger partial charge >= 0.3 is 35.5 Å². The molecule has 6 heterocycles. The number of hydrogen-bond donors (Lipinski definition) is 8. The topological polar surface area (TPSA) is 309 Å². The van der Waals surface area contributed by atoms with E-state index in [0.717, 1.165) is 85.5 Å². The van der Waals surface area contributed by atoms with Crippen LogP contribution in [-0.4, -0.2) is 81.8 Å². The Labute approximate surface area is 580 Å². The van der Waals surface area contributed by atoms with Gasteiger partial charge in [-0.2, -0.15) is 0 Å². The fraction of sp³-hybridized carbons (Fsp3) is 0.236. The van der Waals surface area contributed by atoms with E-state index < -0.39 is 31.0 Å². The fourth-order valence-electron chi connectivity index (χ4n) is 11.1. The zero-order chi connectivity index (χ0) is 68.6. The summed E-state index contributed by atoms with van der Waals surface area (Å²) in [6, 6.07) is 45.7. The average Bonchev–Trinajstić information content (AvgIpc) is 1.58. The molecule has 0 radical (unpaired) electrons. The molecule has 1 amide bonds. The van der Waals surface area contributed by atoms with E-state index >= 15 is 0 Å². The van der Waals surface area contributed by atoms with Crippen LogP contribution in [0, 0.1) is 62.3 Å². The van der Waals surface area contributed by atoms with Crippen LogP contribution in [-0.2, 0) is 43.3 Å². The quantitative estimate of drug-likeness (QED) is 0.0321. The Hall–Kier alpha value is -8.64. The number of fused-ring (bicyclic) bond motifs is 3. The summed E-state index contributed by atoms with van der Waals surface area (Å²) in [5.41, 5.74) is 18.1. The Morgan fingerprint density at radius 2 is 1.05 bits per heavy atom. The Morgan fingerprint density at radius 1 is 0.589 bits per heavy atom. The number of phenolic OH excluding ortho intramolecular Hbond substituents is 1. The molecule has 1 saturated heterocycles. The van der Waals surface area contributed by atoms with E-state index in [0.29, 0.717) is 58.4 Å². The van der Waals surface area contributed by atoms with Crippen LogP contribution in [0.5, 0.6) is 5.75 Å². The minimum absolute atomic E-state index is 0. The van der Waals surface area contributed by atoms with Gasteiger partial charge < -0.3 is 47.4 Å². The first-order valence-corrected chi connectivity index (χ1v) is 33.9. The van der Waals surface area contributed by atoms with E-state index in [1.165, 1.54) is 41.1 Å². The molecule has 0 atom stereocenters. The van der Waals surface area contributed by atoms with Gasteiger partial charge in [-0.15, -0.1) is 0 Å². The monoisotopic (exact) mass is 1360 g/mol. The van der Waals surface area contributed by atoms with Crippen LogP contribution in [0.25, 0.3) is 32.7 Å². The number of carboxylic acids is 1. The molecule has 0 bridgehead atoms. The third-order valence-corrected chi connectivity index (χ3v) is 18.7. The Balaban J connectivity index is 0.000000226. The number of aromatic nitrogens is 5. The van der Waals surface area contributed by atoms with Crippen LogP contribution in [0.4, 0.5) is 0 Å². The summed E-state index contributed by atoms with van der Waals surface area (Å²) in [7, 11) is -2.41. The molecule has 6 aromatic carbocycles. The van der Waals surface area contributed by atoms with Crippen molar-refractivity contribution >= 4 is 80.1 Å². The molecular formula is C72H79ClN7NaO12S2. The Morgan fingerprint density at radius 3 is 1.53 bits per heavy atom. The number of rotatable bonds is 12. The number of H-pyrrole nitrogens is 4. The van der Waals surface area contributed by atoms with E-state index in [2.05, 4.69) is 25.3 Å². The SMILES string of the molecule is C1CCOC1.Cc1[nH]c2ccccc2c1C(=O)O.Cc1cc(C)c(CCC(=O)c2c(C)[nH]c3ccccc23)c(O)c1.Cc1cc(C)c(CN)c(=O)[nH]1.Cc1cc(C)c(CNC(=O)c2c(C)n(S(=O)(=O)c3ccccc3)c3ccccc23)c(=O)[nH]1.O=S(=O)(Cl)c1ccccc1.[H-].[Na+]. The number of Topliss-reactive ketones (excluding diaryl/α,β-unsaturated/α-hetero) is 1.